The number of carbonyl (C=O) groups is 1. The van der Waals surface area contributed by atoms with E-state index < -0.39 is 11.5 Å². The Kier molecular flexibility index (Phi) is 2.10. The Hall–Kier alpha value is -1.78. The summed E-state index contributed by atoms with van der Waals surface area (Å²) in [6.07, 6.45) is 0. The molecular formula is C8H10N2O3. The topological polar surface area (TPSA) is 96.2 Å². The van der Waals surface area contributed by atoms with Gasteiger partial charge in [0.1, 0.15) is 5.69 Å². The lowest BCUT2D eigenvalue weighted by atomic mass is 10.1. The molecule has 0 unspecified atom stereocenters. The number of hydrogen-bond donors (Lipinski definition) is 3. The van der Waals surface area contributed by atoms with Crippen LogP contribution in [0.1, 0.15) is 21.6 Å². The number of aromatic nitrogens is 1. The van der Waals surface area contributed by atoms with Crippen molar-refractivity contribution in [3.05, 3.63) is 27.2 Å². The van der Waals surface area contributed by atoms with Crippen molar-refractivity contribution < 1.29 is 9.90 Å². The van der Waals surface area contributed by atoms with Crippen LogP contribution in [0.15, 0.2) is 4.79 Å². The van der Waals surface area contributed by atoms with Gasteiger partial charge in [0, 0.05) is 5.69 Å². The maximum atomic E-state index is 11.1. The number of nitrogens with two attached hydrogens (primary N) is 1. The zero-order valence-electron chi connectivity index (χ0n) is 7.34. The number of rotatable bonds is 1. The number of nitrogen functional groups attached to an aromatic ring is 1. The molecule has 4 N–H and O–H groups in total. The zero-order chi connectivity index (χ0) is 10.2. The Morgan fingerprint density at radius 1 is 1.46 bits per heavy atom. The first-order valence-electron chi connectivity index (χ1n) is 3.67. The number of carboxylic acids is 1. The summed E-state index contributed by atoms with van der Waals surface area (Å²) in [6.45, 7) is 3.04. The first kappa shape index (κ1) is 9.31. The molecule has 0 aliphatic rings. The second-order valence-corrected chi connectivity index (χ2v) is 2.80. The van der Waals surface area contributed by atoms with Crippen molar-refractivity contribution in [1.29, 1.82) is 0 Å². The number of pyridine rings is 1. The fraction of sp³-hybridized carbons (Fsp3) is 0.250. The molecule has 5 heteroatoms. The number of H-pyrrole nitrogens is 1. The van der Waals surface area contributed by atoms with E-state index in [0.29, 0.717) is 11.3 Å². The van der Waals surface area contributed by atoms with Gasteiger partial charge >= 0.3 is 5.97 Å². The molecule has 0 radical (unpaired) electrons. The van der Waals surface area contributed by atoms with Crippen molar-refractivity contribution in [1.82, 2.24) is 4.98 Å². The molecule has 0 spiro atoms. The van der Waals surface area contributed by atoms with Crippen LogP contribution < -0.4 is 11.3 Å². The summed E-state index contributed by atoms with van der Waals surface area (Å²) in [6, 6.07) is 0. The fourth-order valence-corrected chi connectivity index (χ4v) is 1.21. The van der Waals surface area contributed by atoms with E-state index in [2.05, 4.69) is 4.98 Å². The van der Waals surface area contributed by atoms with Crippen molar-refractivity contribution >= 4 is 11.7 Å². The highest BCUT2D eigenvalue weighted by atomic mass is 16.4. The van der Waals surface area contributed by atoms with Gasteiger partial charge in [-0.05, 0) is 19.4 Å². The monoisotopic (exact) mass is 182 g/mol. The van der Waals surface area contributed by atoms with E-state index in [1.54, 1.807) is 0 Å². The van der Waals surface area contributed by atoms with Gasteiger partial charge in [0.15, 0.2) is 0 Å². The molecule has 0 aliphatic heterocycles. The lowest BCUT2D eigenvalue weighted by Gasteiger charge is -2.06. The molecule has 13 heavy (non-hydrogen) atoms. The molecule has 0 atom stereocenters. The molecule has 70 valence electrons. The Morgan fingerprint density at radius 2 is 2.00 bits per heavy atom. The predicted molar refractivity (Wildman–Crippen MR) is 47.9 cm³/mol. The second kappa shape index (κ2) is 2.93. The third-order valence-corrected chi connectivity index (χ3v) is 1.91. The average molecular weight is 182 g/mol. The van der Waals surface area contributed by atoms with Crippen LogP contribution in [0, 0.1) is 13.8 Å². The molecule has 0 saturated heterocycles. The SMILES string of the molecule is Cc1[nH]c(=O)c(N)c(C)c1C(=O)O. The summed E-state index contributed by atoms with van der Waals surface area (Å²) in [5, 5.41) is 8.78. The van der Waals surface area contributed by atoms with Crippen LogP contribution in [-0.4, -0.2) is 16.1 Å². The van der Waals surface area contributed by atoms with Crippen LogP contribution in [0.25, 0.3) is 0 Å². The van der Waals surface area contributed by atoms with Crippen LogP contribution in [0.3, 0.4) is 0 Å². The quantitative estimate of drug-likeness (QED) is 0.580. The van der Waals surface area contributed by atoms with Crippen LogP contribution in [0.5, 0.6) is 0 Å². The predicted octanol–water partition coefficient (Wildman–Crippen LogP) is 0.272. The first-order chi connectivity index (χ1) is 5.95. The van der Waals surface area contributed by atoms with Crippen LogP contribution in [0.2, 0.25) is 0 Å². The van der Waals surface area contributed by atoms with Crippen LogP contribution in [-0.2, 0) is 0 Å². The van der Waals surface area contributed by atoms with Crippen molar-refractivity contribution in [2.75, 3.05) is 5.73 Å². The van der Waals surface area contributed by atoms with E-state index in [9.17, 15) is 9.59 Å². The molecule has 1 aromatic rings. The lowest BCUT2D eigenvalue weighted by Crippen LogP contribution is -2.19. The summed E-state index contributed by atoms with van der Waals surface area (Å²) in [5.41, 5.74) is 5.60. The largest absolute Gasteiger partial charge is 0.478 e. The van der Waals surface area contributed by atoms with Gasteiger partial charge in [-0.25, -0.2) is 4.79 Å². The maximum Gasteiger partial charge on any atom is 0.337 e. The normalized spacial score (nSPS) is 10.0. The van der Waals surface area contributed by atoms with Gasteiger partial charge in [-0.1, -0.05) is 0 Å². The van der Waals surface area contributed by atoms with Crippen LogP contribution >= 0.6 is 0 Å². The highest BCUT2D eigenvalue weighted by molar-refractivity contribution is 5.91. The minimum atomic E-state index is -1.09. The molecule has 0 saturated carbocycles. The molecule has 0 bridgehead atoms. The summed E-state index contributed by atoms with van der Waals surface area (Å²) in [5.74, 6) is -1.09. The Balaban J connectivity index is 3.63. The van der Waals surface area contributed by atoms with Gasteiger partial charge in [-0.2, -0.15) is 0 Å². The van der Waals surface area contributed by atoms with E-state index in [1.165, 1.54) is 13.8 Å². The minimum absolute atomic E-state index is 0.0389. The molecule has 1 rings (SSSR count). The van der Waals surface area contributed by atoms with Gasteiger partial charge in [0.05, 0.1) is 5.56 Å². The molecule has 0 amide bonds. The Bertz CT molecular complexity index is 420. The van der Waals surface area contributed by atoms with Crippen molar-refractivity contribution in [3.8, 4) is 0 Å². The number of aromatic amines is 1. The molecule has 0 fully saturated rings. The summed E-state index contributed by atoms with van der Waals surface area (Å²) in [4.78, 5) is 24.2. The molecule has 1 aromatic heterocycles. The standard InChI is InChI=1S/C8H10N2O3/c1-3-5(8(12)13)4(2)10-7(11)6(3)9/h9H2,1-2H3,(H,10,11)(H,12,13). The average Bonchev–Trinajstić information content (AvgIpc) is 1.99. The highest BCUT2D eigenvalue weighted by Crippen LogP contribution is 2.13. The summed E-state index contributed by atoms with van der Waals surface area (Å²) < 4.78 is 0. The van der Waals surface area contributed by atoms with Gasteiger partial charge in [-0.15, -0.1) is 0 Å². The number of carboxylic acid groups (broad SMARTS) is 1. The fourth-order valence-electron chi connectivity index (χ4n) is 1.21. The number of nitrogens with one attached hydrogen (secondary N) is 1. The van der Waals surface area contributed by atoms with Gasteiger partial charge < -0.3 is 15.8 Å². The maximum absolute atomic E-state index is 11.1. The molecule has 5 nitrogen and oxygen atoms in total. The number of aryl methyl sites for hydroxylation is 1. The molecular weight excluding hydrogens is 172 g/mol. The third-order valence-electron chi connectivity index (χ3n) is 1.91. The second-order valence-electron chi connectivity index (χ2n) is 2.80. The Labute approximate surface area is 74.2 Å². The van der Waals surface area contributed by atoms with E-state index in [0.717, 1.165) is 0 Å². The zero-order valence-corrected chi connectivity index (χ0v) is 7.34. The Morgan fingerprint density at radius 3 is 2.46 bits per heavy atom. The lowest BCUT2D eigenvalue weighted by molar-refractivity contribution is 0.0695. The van der Waals surface area contributed by atoms with Crippen molar-refractivity contribution in [2.24, 2.45) is 0 Å². The van der Waals surface area contributed by atoms with Gasteiger partial charge in [-0.3, -0.25) is 4.79 Å². The third kappa shape index (κ3) is 1.40. The smallest absolute Gasteiger partial charge is 0.337 e. The number of aromatic carboxylic acids is 1. The first-order valence-corrected chi connectivity index (χ1v) is 3.67. The van der Waals surface area contributed by atoms with E-state index in [1.807, 2.05) is 0 Å². The highest BCUT2D eigenvalue weighted by Gasteiger charge is 2.15. The number of anilines is 1. The summed E-state index contributed by atoms with van der Waals surface area (Å²) >= 11 is 0. The van der Waals surface area contributed by atoms with Crippen molar-refractivity contribution in [3.63, 3.8) is 0 Å². The molecule has 1 heterocycles. The van der Waals surface area contributed by atoms with Gasteiger partial charge in [0.25, 0.3) is 5.56 Å². The molecule has 0 aromatic carbocycles. The number of hydrogen-bond acceptors (Lipinski definition) is 3. The van der Waals surface area contributed by atoms with E-state index in [-0.39, 0.29) is 11.3 Å². The summed E-state index contributed by atoms with van der Waals surface area (Å²) in [7, 11) is 0. The minimum Gasteiger partial charge on any atom is -0.478 e. The van der Waals surface area contributed by atoms with E-state index >= 15 is 0 Å². The molecule has 0 aliphatic carbocycles. The van der Waals surface area contributed by atoms with Crippen LogP contribution in [0.4, 0.5) is 5.69 Å². The van der Waals surface area contributed by atoms with Gasteiger partial charge in [0.2, 0.25) is 0 Å². The van der Waals surface area contributed by atoms with E-state index in [4.69, 9.17) is 10.8 Å². The van der Waals surface area contributed by atoms with Crippen molar-refractivity contribution in [2.45, 2.75) is 13.8 Å².